The Morgan fingerprint density at radius 1 is 1.39 bits per heavy atom. The second kappa shape index (κ2) is 5.96. The molecule has 18 heavy (non-hydrogen) atoms. The number of anilines is 2. The lowest BCUT2D eigenvalue weighted by molar-refractivity contribution is 0.255. The molecule has 1 aliphatic heterocycles. The predicted molar refractivity (Wildman–Crippen MR) is 74.1 cm³/mol. The van der Waals surface area contributed by atoms with Gasteiger partial charge in [-0.3, -0.25) is 0 Å². The van der Waals surface area contributed by atoms with Gasteiger partial charge in [0.1, 0.15) is 5.75 Å². The van der Waals surface area contributed by atoms with Gasteiger partial charge in [0.15, 0.2) is 0 Å². The molecule has 4 heteroatoms. The van der Waals surface area contributed by atoms with Crippen LogP contribution in [0, 0.1) is 0 Å². The van der Waals surface area contributed by atoms with Gasteiger partial charge in [0.25, 0.3) is 0 Å². The number of ether oxygens (including phenoxy) is 1. The third-order valence-corrected chi connectivity index (χ3v) is 3.63. The van der Waals surface area contributed by atoms with Crippen molar-refractivity contribution in [3.8, 4) is 5.75 Å². The number of hydrogen-bond acceptors (Lipinski definition) is 4. The molecule has 1 saturated heterocycles. The number of hydrogen-bond donors (Lipinski definition) is 2. The fourth-order valence-electron chi connectivity index (χ4n) is 2.58. The van der Waals surface area contributed by atoms with Gasteiger partial charge in [0, 0.05) is 12.6 Å². The van der Waals surface area contributed by atoms with E-state index >= 15 is 0 Å². The molecular weight excluding hydrogens is 228 g/mol. The number of aliphatic hydroxyl groups excluding tert-OH is 1. The second-order valence-corrected chi connectivity index (χ2v) is 4.80. The highest BCUT2D eigenvalue weighted by Crippen LogP contribution is 2.32. The van der Waals surface area contributed by atoms with E-state index in [1.807, 2.05) is 18.2 Å². The largest absolute Gasteiger partial charge is 0.497 e. The summed E-state index contributed by atoms with van der Waals surface area (Å²) in [5.74, 6) is 0.806. The molecule has 0 amide bonds. The maximum absolute atomic E-state index is 9.55. The van der Waals surface area contributed by atoms with Crippen molar-refractivity contribution >= 4 is 11.4 Å². The van der Waals surface area contributed by atoms with Crippen molar-refractivity contribution in [2.45, 2.75) is 31.7 Å². The lowest BCUT2D eigenvalue weighted by atomic mass is 10.1. The summed E-state index contributed by atoms with van der Waals surface area (Å²) in [6, 6.07) is 5.86. The number of nitrogens with two attached hydrogens (primary N) is 1. The van der Waals surface area contributed by atoms with E-state index in [1.165, 1.54) is 12.8 Å². The minimum atomic E-state index is 0.168. The second-order valence-electron chi connectivity index (χ2n) is 4.80. The fourth-order valence-corrected chi connectivity index (χ4v) is 2.58. The van der Waals surface area contributed by atoms with Crippen LogP contribution in [0.15, 0.2) is 18.2 Å². The van der Waals surface area contributed by atoms with Gasteiger partial charge in [-0.15, -0.1) is 0 Å². The summed E-state index contributed by atoms with van der Waals surface area (Å²) in [6.07, 6.45) is 4.56. The Morgan fingerprint density at radius 3 is 2.94 bits per heavy atom. The van der Waals surface area contributed by atoms with Crippen LogP contribution in [0.25, 0.3) is 0 Å². The molecule has 1 unspecified atom stereocenters. The van der Waals surface area contributed by atoms with Crippen LogP contribution in [0.3, 0.4) is 0 Å². The molecule has 1 heterocycles. The zero-order chi connectivity index (χ0) is 13.0. The van der Waals surface area contributed by atoms with Gasteiger partial charge in [-0.25, -0.2) is 0 Å². The van der Waals surface area contributed by atoms with Gasteiger partial charge in [-0.1, -0.05) is 12.8 Å². The zero-order valence-electron chi connectivity index (χ0n) is 10.9. The molecule has 0 bridgehead atoms. The van der Waals surface area contributed by atoms with Crippen molar-refractivity contribution in [3.05, 3.63) is 18.2 Å². The van der Waals surface area contributed by atoms with Crippen molar-refractivity contribution < 1.29 is 9.84 Å². The molecule has 4 nitrogen and oxygen atoms in total. The van der Waals surface area contributed by atoms with Crippen LogP contribution in [-0.4, -0.2) is 31.4 Å². The van der Waals surface area contributed by atoms with E-state index < -0.39 is 0 Å². The topological polar surface area (TPSA) is 58.7 Å². The first-order valence-corrected chi connectivity index (χ1v) is 6.57. The number of nitrogens with zero attached hydrogens (tertiary/aromatic N) is 1. The number of benzene rings is 1. The van der Waals surface area contributed by atoms with Gasteiger partial charge < -0.3 is 20.5 Å². The highest BCUT2D eigenvalue weighted by molar-refractivity contribution is 5.70. The van der Waals surface area contributed by atoms with E-state index in [0.29, 0.717) is 0 Å². The first kappa shape index (κ1) is 13.0. The molecule has 3 N–H and O–H groups in total. The van der Waals surface area contributed by atoms with Gasteiger partial charge in [-0.05, 0) is 25.0 Å². The van der Waals surface area contributed by atoms with Crippen molar-refractivity contribution in [2.75, 3.05) is 30.9 Å². The molecular formula is C14H22N2O2. The Morgan fingerprint density at radius 2 is 2.22 bits per heavy atom. The van der Waals surface area contributed by atoms with Crippen molar-refractivity contribution in [2.24, 2.45) is 0 Å². The summed E-state index contributed by atoms with van der Waals surface area (Å²) in [6.45, 7) is 1.12. The van der Waals surface area contributed by atoms with Gasteiger partial charge in [-0.2, -0.15) is 0 Å². The van der Waals surface area contributed by atoms with Crippen LogP contribution in [-0.2, 0) is 0 Å². The highest BCUT2D eigenvalue weighted by Gasteiger charge is 2.22. The molecule has 2 rings (SSSR count). The molecule has 0 aliphatic carbocycles. The van der Waals surface area contributed by atoms with E-state index in [1.54, 1.807) is 7.11 Å². The summed E-state index contributed by atoms with van der Waals surface area (Å²) in [4.78, 5) is 2.23. The monoisotopic (exact) mass is 250 g/mol. The standard InChI is InChI=1S/C14H22N2O2/c1-18-12-6-7-13(15)14(9-12)16-8-4-2-3-5-11(16)10-17/h6-7,9,11,17H,2-5,8,10,15H2,1H3. The van der Waals surface area contributed by atoms with E-state index in [-0.39, 0.29) is 12.6 Å². The normalized spacial score (nSPS) is 20.6. The highest BCUT2D eigenvalue weighted by atomic mass is 16.5. The third-order valence-electron chi connectivity index (χ3n) is 3.63. The van der Waals surface area contributed by atoms with Gasteiger partial charge in [0.05, 0.1) is 31.1 Å². The molecule has 0 saturated carbocycles. The molecule has 1 aliphatic rings. The van der Waals surface area contributed by atoms with Gasteiger partial charge >= 0.3 is 0 Å². The molecule has 1 aromatic carbocycles. The number of rotatable bonds is 3. The molecule has 1 fully saturated rings. The number of methoxy groups -OCH3 is 1. The van der Waals surface area contributed by atoms with Crippen molar-refractivity contribution in [3.63, 3.8) is 0 Å². The lowest BCUT2D eigenvalue weighted by Gasteiger charge is -2.32. The quantitative estimate of drug-likeness (QED) is 0.806. The molecule has 1 aromatic rings. The maximum Gasteiger partial charge on any atom is 0.121 e. The molecule has 100 valence electrons. The maximum atomic E-state index is 9.55. The Kier molecular flexibility index (Phi) is 4.31. The summed E-state index contributed by atoms with van der Waals surface area (Å²) in [5, 5.41) is 9.55. The average Bonchev–Trinajstić information content (AvgIpc) is 2.64. The Bertz CT molecular complexity index is 395. The van der Waals surface area contributed by atoms with Crippen LogP contribution in [0.5, 0.6) is 5.75 Å². The number of nitrogen functional groups attached to an aromatic ring is 1. The summed E-state index contributed by atoms with van der Waals surface area (Å²) in [7, 11) is 1.65. The Hall–Kier alpha value is -1.42. The minimum Gasteiger partial charge on any atom is -0.497 e. The molecule has 0 spiro atoms. The minimum absolute atomic E-state index is 0.168. The van der Waals surface area contributed by atoms with Crippen molar-refractivity contribution in [1.29, 1.82) is 0 Å². The molecule has 0 radical (unpaired) electrons. The predicted octanol–water partition coefficient (Wildman–Crippen LogP) is 2.02. The van der Waals surface area contributed by atoms with Crippen LogP contribution in [0.4, 0.5) is 11.4 Å². The van der Waals surface area contributed by atoms with Gasteiger partial charge in [0.2, 0.25) is 0 Å². The van der Waals surface area contributed by atoms with E-state index in [4.69, 9.17) is 10.5 Å². The fraction of sp³-hybridized carbons (Fsp3) is 0.571. The van der Waals surface area contributed by atoms with Crippen LogP contribution >= 0.6 is 0 Å². The van der Waals surface area contributed by atoms with E-state index in [9.17, 15) is 5.11 Å². The van der Waals surface area contributed by atoms with Crippen LogP contribution < -0.4 is 15.4 Å². The lowest BCUT2D eigenvalue weighted by Crippen LogP contribution is -2.38. The molecule has 0 aromatic heterocycles. The number of aliphatic hydroxyl groups is 1. The Labute approximate surface area is 108 Å². The van der Waals surface area contributed by atoms with E-state index in [2.05, 4.69) is 4.90 Å². The summed E-state index contributed by atoms with van der Waals surface area (Å²) in [5.41, 5.74) is 7.79. The van der Waals surface area contributed by atoms with Crippen LogP contribution in [0.1, 0.15) is 25.7 Å². The first-order chi connectivity index (χ1) is 8.76. The average molecular weight is 250 g/mol. The SMILES string of the molecule is COc1ccc(N)c(N2CCCCCC2CO)c1. The smallest absolute Gasteiger partial charge is 0.121 e. The molecule has 1 atom stereocenters. The first-order valence-electron chi connectivity index (χ1n) is 6.57. The third kappa shape index (κ3) is 2.70. The summed E-state index contributed by atoms with van der Waals surface area (Å²) < 4.78 is 5.26. The van der Waals surface area contributed by atoms with Crippen LogP contribution in [0.2, 0.25) is 0 Å². The van der Waals surface area contributed by atoms with E-state index in [0.717, 1.165) is 36.5 Å². The Balaban J connectivity index is 2.31. The summed E-state index contributed by atoms with van der Waals surface area (Å²) >= 11 is 0. The zero-order valence-corrected chi connectivity index (χ0v) is 10.9. The van der Waals surface area contributed by atoms with Crippen molar-refractivity contribution in [1.82, 2.24) is 0 Å².